The number of ether oxygens (including phenoxy) is 1. The zero-order chi connectivity index (χ0) is 13.7. The molecule has 0 spiro atoms. The van der Waals surface area contributed by atoms with E-state index in [0.29, 0.717) is 6.54 Å². The van der Waals surface area contributed by atoms with Crippen LogP contribution in [0.15, 0.2) is 24.3 Å². The summed E-state index contributed by atoms with van der Waals surface area (Å²) in [5.41, 5.74) is 2.42. The van der Waals surface area contributed by atoms with Crippen molar-refractivity contribution in [1.82, 2.24) is 5.32 Å². The van der Waals surface area contributed by atoms with Crippen LogP contribution >= 0.6 is 0 Å². The summed E-state index contributed by atoms with van der Waals surface area (Å²) in [5, 5.41) is 6.20. The second kappa shape index (κ2) is 6.57. The molecular formula is C15H22N2O2. The van der Waals surface area contributed by atoms with Crippen molar-refractivity contribution in [3.05, 3.63) is 29.8 Å². The van der Waals surface area contributed by atoms with Crippen molar-refractivity contribution in [2.75, 3.05) is 18.4 Å². The lowest BCUT2D eigenvalue weighted by atomic mass is 10.0. The fraction of sp³-hybridized carbons (Fsp3) is 0.533. The summed E-state index contributed by atoms with van der Waals surface area (Å²) in [6, 6.07) is 8.22. The van der Waals surface area contributed by atoms with E-state index in [2.05, 4.69) is 22.8 Å². The van der Waals surface area contributed by atoms with Crippen LogP contribution in [0, 0.1) is 0 Å². The molecule has 1 amide bonds. The van der Waals surface area contributed by atoms with Gasteiger partial charge < -0.3 is 15.4 Å². The highest BCUT2D eigenvalue weighted by Crippen LogP contribution is 2.22. The molecule has 2 rings (SSSR count). The number of carbonyl (C=O) groups excluding carboxylic acids is 1. The standard InChI is InChI=1S/C15H22N2O2/c1-3-8-16-15(18)11(2)19-13-9-12-6-4-5-7-14(12)17-10-13/h4-7,11,13,17H,3,8-10H2,1-2H3,(H,16,18). The molecule has 4 nitrogen and oxygen atoms in total. The van der Waals surface area contributed by atoms with Gasteiger partial charge in [0.15, 0.2) is 0 Å². The van der Waals surface area contributed by atoms with Crippen LogP contribution in [0.2, 0.25) is 0 Å². The topological polar surface area (TPSA) is 50.4 Å². The minimum absolute atomic E-state index is 0.0271. The molecule has 2 atom stereocenters. The molecular weight excluding hydrogens is 240 g/mol. The van der Waals surface area contributed by atoms with Gasteiger partial charge in [0.1, 0.15) is 6.10 Å². The number of rotatable bonds is 5. The fourth-order valence-corrected chi connectivity index (χ4v) is 2.25. The van der Waals surface area contributed by atoms with Crippen LogP contribution in [0.4, 0.5) is 5.69 Å². The molecule has 0 fully saturated rings. The molecule has 1 heterocycles. The third-order valence-corrected chi connectivity index (χ3v) is 3.30. The fourth-order valence-electron chi connectivity index (χ4n) is 2.25. The molecule has 0 saturated carbocycles. The van der Waals surface area contributed by atoms with E-state index in [1.165, 1.54) is 11.3 Å². The van der Waals surface area contributed by atoms with Crippen LogP contribution in [-0.4, -0.2) is 31.2 Å². The Bertz CT molecular complexity index is 434. The van der Waals surface area contributed by atoms with Gasteiger partial charge in [-0.3, -0.25) is 4.79 Å². The number of nitrogens with one attached hydrogen (secondary N) is 2. The maximum Gasteiger partial charge on any atom is 0.248 e. The van der Waals surface area contributed by atoms with Crippen LogP contribution in [-0.2, 0) is 16.0 Å². The van der Waals surface area contributed by atoms with Crippen LogP contribution in [0.3, 0.4) is 0 Å². The number of hydrogen-bond acceptors (Lipinski definition) is 3. The Hall–Kier alpha value is -1.55. The summed E-state index contributed by atoms with van der Waals surface area (Å²) in [6.07, 6.45) is 1.45. The molecule has 19 heavy (non-hydrogen) atoms. The summed E-state index contributed by atoms with van der Waals surface area (Å²) < 4.78 is 5.83. The number of hydrogen-bond donors (Lipinski definition) is 2. The summed E-state index contributed by atoms with van der Waals surface area (Å²) in [6.45, 7) is 5.31. The van der Waals surface area contributed by atoms with Gasteiger partial charge >= 0.3 is 0 Å². The van der Waals surface area contributed by atoms with Crippen LogP contribution in [0.5, 0.6) is 0 Å². The zero-order valence-corrected chi connectivity index (χ0v) is 11.6. The molecule has 0 aromatic heterocycles. The predicted molar refractivity (Wildman–Crippen MR) is 76.3 cm³/mol. The first-order chi connectivity index (χ1) is 9.20. The molecule has 0 radical (unpaired) electrons. The lowest BCUT2D eigenvalue weighted by molar-refractivity contribution is -0.134. The summed E-state index contributed by atoms with van der Waals surface area (Å²) in [4.78, 5) is 11.8. The normalized spacial score (nSPS) is 19.2. The minimum Gasteiger partial charge on any atom is -0.382 e. The SMILES string of the molecule is CCCNC(=O)C(C)OC1CNc2ccccc2C1. The Morgan fingerprint density at radius 1 is 1.53 bits per heavy atom. The molecule has 1 aromatic carbocycles. The second-order valence-electron chi connectivity index (χ2n) is 4.93. The van der Waals surface area contributed by atoms with Gasteiger partial charge in [-0.15, -0.1) is 0 Å². The molecule has 104 valence electrons. The number of carbonyl (C=O) groups is 1. The first-order valence-corrected chi connectivity index (χ1v) is 6.95. The number of para-hydroxylation sites is 1. The largest absolute Gasteiger partial charge is 0.382 e. The van der Waals surface area contributed by atoms with Crippen LogP contribution in [0.25, 0.3) is 0 Å². The predicted octanol–water partition coefficient (Wildman–Crippen LogP) is 1.95. The van der Waals surface area contributed by atoms with Crippen molar-refractivity contribution >= 4 is 11.6 Å². The minimum atomic E-state index is -0.399. The van der Waals surface area contributed by atoms with Crippen molar-refractivity contribution in [2.24, 2.45) is 0 Å². The maximum atomic E-state index is 11.8. The van der Waals surface area contributed by atoms with Crippen molar-refractivity contribution in [1.29, 1.82) is 0 Å². The van der Waals surface area contributed by atoms with Crippen molar-refractivity contribution < 1.29 is 9.53 Å². The molecule has 0 bridgehead atoms. The molecule has 1 aromatic rings. The van der Waals surface area contributed by atoms with Gasteiger partial charge in [0.2, 0.25) is 5.91 Å². The van der Waals surface area contributed by atoms with E-state index in [-0.39, 0.29) is 12.0 Å². The summed E-state index contributed by atoms with van der Waals surface area (Å²) in [5.74, 6) is -0.0271. The Labute approximate surface area is 114 Å². The van der Waals surface area contributed by atoms with E-state index in [1.54, 1.807) is 0 Å². The third kappa shape index (κ3) is 3.70. The lowest BCUT2D eigenvalue weighted by Crippen LogP contribution is -2.40. The van der Waals surface area contributed by atoms with E-state index in [4.69, 9.17) is 4.74 Å². The number of fused-ring (bicyclic) bond motifs is 1. The highest BCUT2D eigenvalue weighted by Gasteiger charge is 2.23. The van der Waals surface area contributed by atoms with Gasteiger partial charge in [0, 0.05) is 25.2 Å². The first kappa shape index (κ1) is 13.9. The zero-order valence-electron chi connectivity index (χ0n) is 11.6. The Balaban J connectivity index is 1.86. The van der Waals surface area contributed by atoms with E-state index < -0.39 is 6.10 Å². The van der Waals surface area contributed by atoms with E-state index in [1.807, 2.05) is 26.0 Å². The van der Waals surface area contributed by atoms with Gasteiger partial charge in [-0.1, -0.05) is 25.1 Å². The van der Waals surface area contributed by atoms with Gasteiger partial charge in [-0.2, -0.15) is 0 Å². The summed E-state index contributed by atoms with van der Waals surface area (Å²) in [7, 11) is 0. The molecule has 2 unspecified atom stereocenters. The van der Waals surface area contributed by atoms with Crippen LogP contribution < -0.4 is 10.6 Å². The highest BCUT2D eigenvalue weighted by molar-refractivity contribution is 5.80. The van der Waals surface area contributed by atoms with Gasteiger partial charge in [0.05, 0.1) is 6.10 Å². The molecule has 0 saturated heterocycles. The monoisotopic (exact) mass is 262 g/mol. The molecule has 2 N–H and O–H groups in total. The Kier molecular flexibility index (Phi) is 4.80. The second-order valence-corrected chi connectivity index (χ2v) is 4.93. The van der Waals surface area contributed by atoms with Gasteiger partial charge in [-0.05, 0) is 25.0 Å². The highest BCUT2D eigenvalue weighted by atomic mass is 16.5. The van der Waals surface area contributed by atoms with E-state index >= 15 is 0 Å². The van der Waals surface area contributed by atoms with E-state index in [9.17, 15) is 4.79 Å². The van der Waals surface area contributed by atoms with Crippen molar-refractivity contribution in [3.8, 4) is 0 Å². The number of benzene rings is 1. The maximum absolute atomic E-state index is 11.8. The number of anilines is 1. The quantitative estimate of drug-likeness (QED) is 0.853. The average molecular weight is 262 g/mol. The first-order valence-electron chi connectivity index (χ1n) is 6.95. The van der Waals surface area contributed by atoms with E-state index in [0.717, 1.165) is 19.4 Å². The lowest BCUT2D eigenvalue weighted by Gasteiger charge is -2.28. The van der Waals surface area contributed by atoms with Crippen LogP contribution in [0.1, 0.15) is 25.8 Å². The van der Waals surface area contributed by atoms with Gasteiger partial charge in [-0.25, -0.2) is 0 Å². The third-order valence-electron chi connectivity index (χ3n) is 3.30. The molecule has 4 heteroatoms. The number of amides is 1. The molecule has 1 aliphatic rings. The molecule has 1 aliphatic heterocycles. The van der Waals surface area contributed by atoms with Crippen molar-refractivity contribution in [3.63, 3.8) is 0 Å². The average Bonchev–Trinajstić information content (AvgIpc) is 2.44. The Morgan fingerprint density at radius 2 is 2.32 bits per heavy atom. The molecule has 0 aliphatic carbocycles. The van der Waals surface area contributed by atoms with Crippen molar-refractivity contribution in [2.45, 2.75) is 38.9 Å². The summed E-state index contributed by atoms with van der Waals surface area (Å²) >= 11 is 0. The smallest absolute Gasteiger partial charge is 0.248 e. The van der Waals surface area contributed by atoms with Gasteiger partial charge in [0.25, 0.3) is 0 Å². The Morgan fingerprint density at radius 3 is 3.11 bits per heavy atom.